The van der Waals surface area contributed by atoms with Crippen LogP contribution in [0.5, 0.6) is 5.75 Å². The van der Waals surface area contributed by atoms with Crippen molar-refractivity contribution in [2.45, 2.75) is 25.9 Å². The molecule has 2 aromatic carbocycles. The summed E-state index contributed by atoms with van der Waals surface area (Å²) in [5.74, 6) is 0.358. The minimum Gasteiger partial charge on any atom is -0.497 e. The number of amides is 2. The first-order valence-corrected chi connectivity index (χ1v) is 12.1. The van der Waals surface area contributed by atoms with E-state index in [9.17, 15) is 9.59 Å². The second-order valence-corrected chi connectivity index (χ2v) is 9.11. The Balaban J connectivity index is 1.19. The van der Waals surface area contributed by atoms with Crippen LogP contribution in [0.1, 0.15) is 28.1 Å². The molecule has 1 aliphatic rings. The molecule has 0 spiro atoms. The van der Waals surface area contributed by atoms with E-state index in [1.807, 2.05) is 30.3 Å². The monoisotopic (exact) mass is 476 g/mol. The zero-order valence-electron chi connectivity index (χ0n) is 19.1. The van der Waals surface area contributed by atoms with Crippen LogP contribution in [0.25, 0.3) is 6.08 Å². The molecule has 0 atom stereocenters. The molecule has 2 heterocycles. The van der Waals surface area contributed by atoms with E-state index in [0.717, 1.165) is 43.1 Å². The van der Waals surface area contributed by atoms with Crippen LogP contribution in [-0.2, 0) is 29.1 Å². The second-order valence-electron chi connectivity index (χ2n) is 8.03. The number of nitrogens with zero attached hydrogens (tertiary/aromatic N) is 2. The molecule has 8 heteroatoms. The third kappa shape index (κ3) is 6.76. The van der Waals surface area contributed by atoms with Crippen molar-refractivity contribution in [3.63, 3.8) is 0 Å². The number of fused-ring (bicyclic) bond motifs is 1. The maximum Gasteiger partial charge on any atom is 0.244 e. The van der Waals surface area contributed by atoms with E-state index < -0.39 is 0 Å². The van der Waals surface area contributed by atoms with Gasteiger partial charge in [-0.2, -0.15) is 0 Å². The lowest BCUT2D eigenvalue weighted by Gasteiger charge is -2.25. The Morgan fingerprint density at radius 2 is 1.94 bits per heavy atom. The first-order valence-electron chi connectivity index (χ1n) is 11.2. The molecule has 0 bridgehead atoms. The smallest absolute Gasteiger partial charge is 0.244 e. The van der Waals surface area contributed by atoms with Gasteiger partial charge >= 0.3 is 0 Å². The van der Waals surface area contributed by atoms with Gasteiger partial charge in [-0.3, -0.25) is 14.5 Å². The van der Waals surface area contributed by atoms with E-state index in [-0.39, 0.29) is 24.8 Å². The lowest BCUT2D eigenvalue weighted by molar-refractivity contribution is -0.117. The van der Waals surface area contributed by atoms with Crippen molar-refractivity contribution >= 4 is 34.4 Å². The zero-order valence-corrected chi connectivity index (χ0v) is 19.9. The highest BCUT2D eigenvalue weighted by Gasteiger charge is 2.21. The van der Waals surface area contributed by atoms with Gasteiger partial charge in [-0.25, -0.2) is 4.98 Å². The van der Waals surface area contributed by atoms with Crippen LogP contribution in [0.3, 0.4) is 0 Å². The Morgan fingerprint density at radius 1 is 1.15 bits per heavy atom. The maximum atomic E-state index is 12.3. The Labute approximate surface area is 203 Å². The summed E-state index contributed by atoms with van der Waals surface area (Å²) in [5, 5.41) is 6.24. The van der Waals surface area contributed by atoms with Crippen LogP contribution >= 0.6 is 11.3 Å². The molecule has 7 nitrogen and oxygen atoms in total. The normalized spacial score (nSPS) is 13.4. The average Bonchev–Trinajstić information content (AvgIpc) is 3.25. The predicted molar refractivity (Wildman–Crippen MR) is 135 cm³/mol. The zero-order chi connectivity index (χ0) is 23.8. The highest BCUT2D eigenvalue weighted by molar-refractivity contribution is 7.15. The lowest BCUT2D eigenvalue weighted by Crippen LogP contribution is -2.29. The molecule has 1 aliphatic heterocycles. The number of carbonyl (C=O) groups excluding carboxylic acids is 2. The summed E-state index contributed by atoms with van der Waals surface area (Å²) < 4.78 is 5.12. The maximum absolute atomic E-state index is 12.3. The van der Waals surface area contributed by atoms with Crippen molar-refractivity contribution in [1.82, 2.24) is 15.2 Å². The summed E-state index contributed by atoms with van der Waals surface area (Å²) in [4.78, 5) is 32.5. The minimum atomic E-state index is -0.244. The first kappa shape index (κ1) is 23.7. The molecule has 0 unspecified atom stereocenters. The molecule has 2 amide bonds. The predicted octanol–water partition coefficient (Wildman–Crippen LogP) is 3.87. The van der Waals surface area contributed by atoms with E-state index in [4.69, 9.17) is 4.74 Å². The number of hydrogen-bond donors (Lipinski definition) is 2. The van der Waals surface area contributed by atoms with Gasteiger partial charge in [0.2, 0.25) is 11.8 Å². The molecule has 0 saturated heterocycles. The highest BCUT2D eigenvalue weighted by atomic mass is 32.1. The lowest BCUT2D eigenvalue weighted by atomic mass is 10.1. The van der Waals surface area contributed by atoms with E-state index in [0.29, 0.717) is 5.13 Å². The van der Waals surface area contributed by atoms with Gasteiger partial charge in [-0.1, -0.05) is 42.5 Å². The quantitative estimate of drug-likeness (QED) is 0.458. The summed E-state index contributed by atoms with van der Waals surface area (Å²) in [5.41, 5.74) is 3.26. The number of carbonyl (C=O) groups is 2. The molecule has 0 radical (unpaired) electrons. The SMILES string of the molecule is COc1ccc(/C=C/C(=O)NCCC(=O)Nc2nc3c(s2)CN(Cc2ccccc2)CC3)cc1. The molecule has 0 aliphatic carbocycles. The molecule has 3 aromatic rings. The standard InChI is InChI=1S/C26H28N4O3S/c1-33-21-10-7-19(8-11-21)9-12-24(31)27-15-13-25(32)29-26-28-22-14-16-30(18-23(22)34-26)17-20-5-3-2-4-6-20/h2-12H,13-18H2,1H3,(H,27,31)(H,28,29,32)/b12-9+. The molecule has 2 N–H and O–H groups in total. The van der Waals surface area contributed by atoms with Gasteiger partial charge in [0, 0.05) is 50.0 Å². The molecular formula is C26H28N4O3S. The van der Waals surface area contributed by atoms with Gasteiger partial charge < -0.3 is 15.4 Å². The average molecular weight is 477 g/mol. The fourth-order valence-corrected chi connectivity index (χ4v) is 4.77. The Hall–Kier alpha value is -3.49. The molecule has 176 valence electrons. The number of aromatic nitrogens is 1. The first-order chi connectivity index (χ1) is 16.6. The van der Waals surface area contributed by atoms with Gasteiger partial charge in [-0.05, 0) is 29.3 Å². The molecule has 0 fully saturated rings. The summed E-state index contributed by atoms with van der Waals surface area (Å²) in [6, 6.07) is 17.8. The van der Waals surface area contributed by atoms with Crippen LogP contribution < -0.4 is 15.4 Å². The van der Waals surface area contributed by atoms with Gasteiger partial charge in [-0.15, -0.1) is 11.3 Å². The van der Waals surface area contributed by atoms with Gasteiger partial charge in [0.25, 0.3) is 0 Å². The van der Waals surface area contributed by atoms with E-state index >= 15 is 0 Å². The molecule has 1 aromatic heterocycles. The number of anilines is 1. The third-order valence-corrected chi connectivity index (χ3v) is 6.50. The fourth-order valence-electron chi connectivity index (χ4n) is 3.71. The van der Waals surface area contributed by atoms with E-state index in [1.165, 1.54) is 27.9 Å². The van der Waals surface area contributed by atoms with Crippen molar-refractivity contribution in [1.29, 1.82) is 0 Å². The Morgan fingerprint density at radius 3 is 2.71 bits per heavy atom. The van der Waals surface area contributed by atoms with Gasteiger partial charge in [0.05, 0.1) is 12.8 Å². The molecular weight excluding hydrogens is 448 g/mol. The topological polar surface area (TPSA) is 83.6 Å². The van der Waals surface area contributed by atoms with E-state index in [1.54, 1.807) is 13.2 Å². The van der Waals surface area contributed by atoms with E-state index in [2.05, 4.69) is 44.8 Å². The Kier molecular flexibility index (Phi) is 8.06. The molecule has 34 heavy (non-hydrogen) atoms. The summed E-state index contributed by atoms with van der Waals surface area (Å²) in [7, 11) is 1.61. The largest absolute Gasteiger partial charge is 0.497 e. The van der Waals surface area contributed by atoms with Crippen LogP contribution in [0.2, 0.25) is 0 Å². The Bertz CT molecular complexity index is 1140. The van der Waals surface area contributed by atoms with Gasteiger partial charge in [0.1, 0.15) is 5.75 Å². The van der Waals surface area contributed by atoms with Crippen molar-refractivity contribution < 1.29 is 14.3 Å². The summed E-state index contributed by atoms with van der Waals surface area (Å²) in [6.07, 6.45) is 4.24. The summed E-state index contributed by atoms with van der Waals surface area (Å²) >= 11 is 1.53. The van der Waals surface area contributed by atoms with Crippen LogP contribution in [-0.4, -0.2) is 41.9 Å². The molecule has 4 rings (SSSR count). The van der Waals surface area contributed by atoms with Crippen LogP contribution in [0.15, 0.2) is 60.7 Å². The minimum absolute atomic E-state index is 0.160. The fraction of sp³-hybridized carbons (Fsp3) is 0.269. The van der Waals surface area contributed by atoms with Crippen LogP contribution in [0.4, 0.5) is 5.13 Å². The number of methoxy groups -OCH3 is 1. The number of benzene rings is 2. The third-order valence-electron chi connectivity index (χ3n) is 5.50. The van der Waals surface area contributed by atoms with Crippen molar-refractivity contribution in [3.8, 4) is 5.75 Å². The number of rotatable bonds is 9. The number of thiazole rings is 1. The number of hydrogen-bond acceptors (Lipinski definition) is 6. The second kappa shape index (κ2) is 11.6. The number of nitrogens with one attached hydrogen (secondary N) is 2. The molecule has 0 saturated carbocycles. The summed E-state index contributed by atoms with van der Waals surface area (Å²) in [6.45, 7) is 2.96. The van der Waals surface area contributed by atoms with Crippen molar-refractivity contribution in [3.05, 3.63) is 82.4 Å². The van der Waals surface area contributed by atoms with Crippen molar-refractivity contribution in [2.24, 2.45) is 0 Å². The number of ether oxygens (including phenoxy) is 1. The highest BCUT2D eigenvalue weighted by Crippen LogP contribution is 2.29. The van der Waals surface area contributed by atoms with Gasteiger partial charge in [0.15, 0.2) is 5.13 Å². The van der Waals surface area contributed by atoms with Crippen molar-refractivity contribution in [2.75, 3.05) is 25.5 Å². The van der Waals surface area contributed by atoms with Crippen LogP contribution in [0, 0.1) is 0 Å².